The molecule has 2 rings (SSSR count). The molecular formula is C14H13Cl2NO4. The molecule has 0 unspecified atom stereocenters. The second-order valence-corrected chi connectivity index (χ2v) is 6.78. The summed E-state index contributed by atoms with van der Waals surface area (Å²) >= 11 is 11.9. The minimum Gasteiger partial charge on any atom is -0.299 e. The van der Waals surface area contributed by atoms with Gasteiger partial charge >= 0.3 is 0 Å². The van der Waals surface area contributed by atoms with Crippen LogP contribution >= 0.6 is 23.2 Å². The molecule has 1 saturated carbocycles. The number of hydrogen-bond acceptors (Lipinski definition) is 4. The van der Waals surface area contributed by atoms with Gasteiger partial charge in [0, 0.05) is 18.9 Å². The predicted molar refractivity (Wildman–Crippen MR) is 78.9 cm³/mol. The van der Waals surface area contributed by atoms with Gasteiger partial charge in [-0.3, -0.25) is 19.7 Å². The lowest BCUT2D eigenvalue weighted by Gasteiger charge is -2.32. The highest BCUT2D eigenvalue weighted by Gasteiger charge is 2.41. The maximum absolute atomic E-state index is 12.2. The van der Waals surface area contributed by atoms with Crippen molar-refractivity contribution in [2.45, 2.75) is 32.6 Å². The summed E-state index contributed by atoms with van der Waals surface area (Å²) in [6.45, 7) is 3.70. The van der Waals surface area contributed by atoms with Gasteiger partial charge in [0.05, 0.1) is 9.95 Å². The van der Waals surface area contributed by atoms with Gasteiger partial charge in [-0.1, -0.05) is 37.0 Å². The number of carbonyl (C=O) groups excluding carboxylic acids is 2. The summed E-state index contributed by atoms with van der Waals surface area (Å²) in [5.74, 6) is -1.45. The summed E-state index contributed by atoms with van der Waals surface area (Å²) < 4.78 is 0. The van der Waals surface area contributed by atoms with Crippen molar-refractivity contribution in [3.63, 3.8) is 0 Å². The fraction of sp³-hybridized carbons (Fsp3) is 0.429. The topological polar surface area (TPSA) is 77.3 Å². The van der Waals surface area contributed by atoms with E-state index in [2.05, 4.69) is 0 Å². The van der Waals surface area contributed by atoms with E-state index in [1.54, 1.807) is 0 Å². The molecule has 0 heterocycles. The van der Waals surface area contributed by atoms with E-state index in [0.29, 0.717) is 0 Å². The van der Waals surface area contributed by atoms with Crippen LogP contribution in [0.4, 0.5) is 5.69 Å². The normalized spacial score (nSPS) is 18.9. The van der Waals surface area contributed by atoms with E-state index in [-0.39, 0.29) is 51.1 Å². The summed E-state index contributed by atoms with van der Waals surface area (Å²) in [5.41, 5.74) is -0.471. The standard InChI is InChI=1S/C14H13Cl2NO4/c1-14(2)5-11(18)13(12(19)6-14)7-3-9(16)10(17(20)21)4-8(7)15/h3-4,13H,5-6H2,1-2H3. The number of Topliss-reactive ketones (excluding diaryl/α,β-unsaturated/α-hetero) is 2. The van der Waals surface area contributed by atoms with Crippen molar-refractivity contribution in [1.82, 2.24) is 0 Å². The average molecular weight is 330 g/mol. The zero-order valence-corrected chi connectivity index (χ0v) is 13.0. The van der Waals surface area contributed by atoms with Crippen molar-refractivity contribution in [3.8, 4) is 0 Å². The second kappa shape index (κ2) is 5.39. The van der Waals surface area contributed by atoms with E-state index in [9.17, 15) is 19.7 Å². The number of rotatable bonds is 2. The van der Waals surface area contributed by atoms with Crippen molar-refractivity contribution >= 4 is 40.5 Å². The van der Waals surface area contributed by atoms with Crippen molar-refractivity contribution in [1.29, 1.82) is 0 Å². The maximum atomic E-state index is 12.2. The number of nitrogens with zero attached hydrogens (tertiary/aromatic N) is 1. The number of benzene rings is 1. The molecule has 1 aliphatic rings. The third-order valence-electron chi connectivity index (χ3n) is 3.52. The molecule has 1 fully saturated rings. The van der Waals surface area contributed by atoms with Crippen molar-refractivity contribution in [2.75, 3.05) is 0 Å². The summed E-state index contributed by atoms with van der Waals surface area (Å²) in [5, 5.41) is 10.7. The Labute approximate surface area is 131 Å². The molecule has 0 spiro atoms. The van der Waals surface area contributed by atoms with E-state index >= 15 is 0 Å². The minimum absolute atomic E-state index is 0.0116. The second-order valence-electron chi connectivity index (χ2n) is 5.97. The van der Waals surface area contributed by atoms with Crippen LogP contribution in [0.25, 0.3) is 0 Å². The van der Waals surface area contributed by atoms with Gasteiger partial charge in [-0.25, -0.2) is 0 Å². The fourth-order valence-electron chi connectivity index (χ4n) is 2.65. The first-order valence-electron chi connectivity index (χ1n) is 6.31. The Kier molecular flexibility index (Phi) is 4.08. The third kappa shape index (κ3) is 3.09. The van der Waals surface area contributed by atoms with Crippen LogP contribution in [0.1, 0.15) is 38.2 Å². The molecule has 0 N–H and O–H groups in total. The Morgan fingerprint density at radius 2 is 1.67 bits per heavy atom. The van der Waals surface area contributed by atoms with Gasteiger partial charge in [-0.2, -0.15) is 0 Å². The predicted octanol–water partition coefficient (Wildman–Crippen LogP) is 3.94. The minimum atomic E-state index is -0.983. The summed E-state index contributed by atoms with van der Waals surface area (Å²) in [6.07, 6.45) is 0.517. The molecule has 0 aliphatic heterocycles. The summed E-state index contributed by atoms with van der Waals surface area (Å²) in [7, 11) is 0. The molecule has 5 nitrogen and oxygen atoms in total. The smallest absolute Gasteiger partial charge is 0.289 e. The van der Waals surface area contributed by atoms with Crippen molar-refractivity contribution in [2.24, 2.45) is 5.41 Å². The Balaban J connectivity index is 2.48. The number of nitro benzene ring substituents is 1. The molecular weight excluding hydrogens is 317 g/mol. The molecule has 0 amide bonds. The highest BCUT2D eigenvalue weighted by molar-refractivity contribution is 6.36. The van der Waals surface area contributed by atoms with Crippen LogP contribution in [0, 0.1) is 15.5 Å². The fourth-order valence-corrected chi connectivity index (χ4v) is 3.16. The SMILES string of the molecule is CC1(C)CC(=O)C(c2cc(Cl)c([N+](=O)[O-])cc2Cl)C(=O)C1. The maximum Gasteiger partial charge on any atom is 0.289 e. The number of hydrogen-bond donors (Lipinski definition) is 0. The van der Waals surface area contributed by atoms with Crippen LogP contribution in [0.5, 0.6) is 0 Å². The molecule has 0 saturated heterocycles. The largest absolute Gasteiger partial charge is 0.299 e. The van der Waals surface area contributed by atoms with Crippen molar-refractivity contribution < 1.29 is 14.5 Å². The van der Waals surface area contributed by atoms with Gasteiger partial charge in [0.15, 0.2) is 0 Å². The van der Waals surface area contributed by atoms with E-state index in [1.165, 1.54) is 6.07 Å². The first kappa shape index (κ1) is 15.9. The van der Waals surface area contributed by atoms with E-state index in [0.717, 1.165) is 6.07 Å². The molecule has 21 heavy (non-hydrogen) atoms. The Morgan fingerprint density at radius 1 is 1.14 bits per heavy atom. The van der Waals surface area contributed by atoms with Gasteiger partial charge in [0.25, 0.3) is 5.69 Å². The van der Waals surface area contributed by atoms with E-state index < -0.39 is 10.8 Å². The molecule has 0 aromatic heterocycles. The van der Waals surface area contributed by atoms with Gasteiger partial charge in [0.2, 0.25) is 0 Å². The van der Waals surface area contributed by atoms with Gasteiger partial charge < -0.3 is 0 Å². The molecule has 1 aromatic rings. The molecule has 1 aliphatic carbocycles. The van der Waals surface area contributed by atoms with E-state index in [1.807, 2.05) is 13.8 Å². The molecule has 112 valence electrons. The van der Waals surface area contributed by atoms with Crippen LogP contribution in [0.3, 0.4) is 0 Å². The Hall–Kier alpha value is -1.46. The molecule has 1 aromatic carbocycles. The van der Waals surface area contributed by atoms with Crippen LogP contribution in [-0.2, 0) is 9.59 Å². The summed E-state index contributed by atoms with van der Waals surface area (Å²) in [6, 6.07) is 2.33. The quantitative estimate of drug-likeness (QED) is 0.467. The number of carbonyl (C=O) groups is 2. The monoisotopic (exact) mass is 329 g/mol. The van der Waals surface area contributed by atoms with E-state index in [4.69, 9.17) is 23.2 Å². The number of nitro groups is 1. The zero-order chi connectivity index (χ0) is 15.9. The molecule has 7 heteroatoms. The Morgan fingerprint density at radius 3 is 2.14 bits per heavy atom. The third-order valence-corrected chi connectivity index (χ3v) is 4.15. The zero-order valence-electron chi connectivity index (χ0n) is 11.5. The number of ketones is 2. The lowest BCUT2D eigenvalue weighted by Crippen LogP contribution is -2.36. The van der Waals surface area contributed by atoms with Crippen LogP contribution < -0.4 is 0 Å². The summed E-state index contributed by atoms with van der Waals surface area (Å²) in [4.78, 5) is 34.6. The van der Waals surface area contributed by atoms with Crippen molar-refractivity contribution in [3.05, 3.63) is 37.9 Å². The lowest BCUT2D eigenvalue weighted by molar-refractivity contribution is -0.384. The van der Waals surface area contributed by atoms with Crippen LogP contribution in [0.15, 0.2) is 12.1 Å². The highest BCUT2D eigenvalue weighted by atomic mass is 35.5. The number of halogens is 2. The van der Waals surface area contributed by atoms with Crippen LogP contribution in [0.2, 0.25) is 10.0 Å². The van der Waals surface area contributed by atoms with Crippen LogP contribution in [-0.4, -0.2) is 16.5 Å². The van der Waals surface area contributed by atoms with Gasteiger partial charge in [-0.15, -0.1) is 0 Å². The first-order valence-corrected chi connectivity index (χ1v) is 7.07. The Bertz CT molecular complexity index is 635. The highest BCUT2D eigenvalue weighted by Crippen LogP contribution is 2.42. The molecule has 0 bridgehead atoms. The van der Waals surface area contributed by atoms with Gasteiger partial charge in [-0.05, 0) is 17.0 Å². The first-order chi connectivity index (χ1) is 9.62. The molecule has 0 radical (unpaired) electrons. The lowest BCUT2D eigenvalue weighted by atomic mass is 9.69. The van der Waals surface area contributed by atoms with Gasteiger partial charge in [0.1, 0.15) is 22.5 Å². The molecule has 0 atom stereocenters. The average Bonchev–Trinajstić information content (AvgIpc) is 2.30.